The lowest BCUT2D eigenvalue weighted by molar-refractivity contribution is -0.128. The molecule has 0 aliphatic heterocycles. The van der Waals surface area contributed by atoms with Crippen molar-refractivity contribution in [3.8, 4) is 0 Å². The van der Waals surface area contributed by atoms with E-state index in [9.17, 15) is 20.1 Å². The van der Waals surface area contributed by atoms with Crippen molar-refractivity contribution in [3.63, 3.8) is 0 Å². The highest BCUT2D eigenvalue weighted by atomic mass is 16.3. The minimum Gasteiger partial charge on any atom is -0.394 e. The standard InChI is InChI=1S/C37H69NO4/c1-4-6-8-10-12-14-15-16-18-20-22-26-31-36(41)37(42)38-34(32-39)35(40)30-27-23-25-29-33(3)28-24-21-19-17-13-11-9-7-5-2/h26-27,29-31,34-36,39-41H,4-25,28,32H2,1-3H3,(H,38,42)/b30-27+,31-26+,33-29+/t34-,35+,36+/m0/s1. The molecule has 0 fully saturated rings. The summed E-state index contributed by atoms with van der Waals surface area (Å²) in [5, 5.41) is 32.8. The third-order valence-corrected chi connectivity index (χ3v) is 8.08. The minimum absolute atomic E-state index is 0.399. The Labute approximate surface area is 260 Å². The first-order valence-electron chi connectivity index (χ1n) is 17.7. The molecule has 0 aromatic rings. The van der Waals surface area contributed by atoms with E-state index in [1.54, 1.807) is 6.08 Å². The Morgan fingerprint density at radius 1 is 0.643 bits per heavy atom. The van der Waals surface area contributed by atoms with E-state index in [-0.39, 0.29) is 0 Å². The number of hydrogen-bond donors (Lipinski definition) is 4. The molecule has 0 aromatic carbocycles. The molecule has 0 bridgehead atoms. The number of carbonyl (C=O) groups is 1. The molecule has 1 amide bonds. The van der Waals surface area contributed by atoms with E-state index in [1.165, 1.54) is 127 Å². The van der Waals surface area contributed by atoms with Crippen molar-refractivity contribution in [3.05, 3.63) is 36.0 Å². The van der Waals surface area contributed by atoms with E-state index in [1.807, 2.05) is 12.2 Å². The highest BCUT2D eigenvalue weighted by Gasteiger charge is 2.21. The molecule has 0 heterocycles. The van der Waals surface area contributed by atoms with Crippen LogP contribution in [-0.4, -0.2) is 46.1 Å². The van der Waals surface area contributed by atoms with Gasteiger partial charge in [0.15, 0.2) is 6.10 Å². The zero-order valence-corrected chi connectivity index (χ0v) is 27.8. The van der Waals surface area contributed by atoms with Gasteiger partial charge in [0.1, 0.15) is 0 Å². The van der Waals surface area contributed by atoms with Gasteiger partial charge in [-0.25, -0.2) is 0 Å². The normalized spacial score (nSPS) is 14.6. The summed E-state index contributed by atoms with van der Waals surface area (Å²) in [6.45, 7) is 6.30. The number of aliphatic hydroxyl groups is 3. The summed E-state index contributed by atoms with van der Waals surface area (Å²) in [6, 6.07) is -0.845. The molecule has 246 valence electrons. The second kappa shape index (κ2) is 31.0. The van der Waals surface area contributed by atoms with Crippen molar-refractivity contribution in [2.45, 2.75) is 187 Å². The molecule has 0 radical (unpaired) electrons. The molecule has 0 aliphatic rings. The van der Waals surface area contributed by atoms with Crippen LogP contribution in [0.5, 0.6) is 0 Å². The predicted octanol–water partition coefficient (Wildman–Crippen LogP) is 9.26. The highest BCUT2D eigenvalue weighted by molar-refractivity contribution is 5.82. The SMILES string of the molecule is CCCCCCCCCCCC/C=C/[C@@H](O)C(=O)N[C@@H](CO)[C@H](O)/C=C/CC/C=C(\C)CCCCCCCCCCC. The summed E-state index contributed by atoms with van der Waals surface area (Å²) in [4.78, 5) is 12.3. The van der Waals surface area contributed by atoms with Crippen LogP contribution in [0.15, 0.2) is 36.0 Å². The molecule has 0 saturated carbocycles. The Balaban J connectivity index is 4.01. The van der Waals surface area contributed by atoms with Gasteiger partial charge >= 0.3 is 0 Å². The van der Waals surface area contributed by atoms with Crippen LogP contribution in [0.2, 0.25) is 0 Å². The average molecular weight is 592 g/mol. The van der Waals surface area contributed by atoms with Gasteiger partial charge in [0.2, 0.25) is 0 Å². The second-order valence-electron chi connectivity index (χ2n) is 12.3. The molecule has 4 N–H and O–H groups in total. The highest BCUT2D eigenvalue weighted by Crippen LogP contribution is 2.14. The van der Waals surface area contributed by atoms with Gasteiger partial charge in [-0.15, -0.1) is 0 Å². The first-order chi connectivity index (χ1) is 20.5. The Morgan fingerprint density at radius 3 is 1.64 bits per heavy atom. The van der Waals surface area contributed by atoms with Crippen LogP contribution in [0, 0.1) is 0 Å². The fourth-order valence-electron chi connectivity index (χ4n) is 5.18. The van der Waals surface area contributed by atoms with Gasteiger partial charge in [0, 0.05) is 0 Å². The van der Waals surface area contributed by atoms with Gasteiger partial charge in [-0.1, -0.05) is 159 Å². The van der Waals surface area contributed by atoms with Gasteiger partial charge in [-0.2, -0.15) is 0 Å². The Morgan fingerprint density at radius 2 is 1.12 bits per heavy atom. The van der Waals surface area contributed by atoms with Crippen LogP contribution < -0.4 is 5.32 Å². The molecule has 5 nitrogen and oxygen atoms in total. The monoisotopic (exact) mass is 592 g/mol. The van der Waals surface area contributed by atoms with Crippen LogP contribution in [0.3, 0.4) is 0 Å². The topological polar surface area (TPSA) is 89.8 Å². The molecule has 0 aliphatic carbocycles. The average Bonchev–Trinajstić information content (AvgIpc) is 2.98. The van der Waals surface area contributed by atoms with Crippen LogP contribution >= 0.6 is 0 Å². The van der Waals surface area contributed by atoms with Gasteiger partial charge in [-0.3, -0.25) is 4.79 Å². The van der Waals surface area contributed by atoms with Crippen molar-refractivity contribution in [2.24, 2.45) is 0 Å². The molecular weight excluding hydrogens is 522 g/mol. The number of hydrogen-bond acceptors (Lipinski definition) is 4. The first-order valence-corrected chi connectivity index (χ1v) is 17.7. The number of allylic oxidation sites excluding steroid dienone is 4. The van der Waals surface area contributed by atoms with E-state index >= 15 is 0 Å². The van der Waals surface area contributed by atoms with E-state index in [0.29, 0.717) is 0 Å². The maximum Gasteiger partial charge on any atom is 0.253 e. The summed E-state index contributed by atoms with van der Waals surface area (Å²) in [7, 11) is 0. The van der Waals surface area contributed by atoms with Crippen molar-refractivity contribution >= 4 is 5.91 Å². The van der Waals surface area contributed by atoms with Gasteiger partial charge < -0.3 is 20.6 Å². The van der Waals surface area contributed by atoms with E-state index in [0.717, 1.165) is 32.1 Å². The molecular formula is C37H69NO4. The van der Waals surface area contributed by atoms with Crippen LogP contribution in [0.25, 0.3) is 0 Å². The molecule has 0 saturated heterocycles. The maximum absolute atomic E-state index is 12.3. The summed E-state index contributed by atoms with van der Waals surface area (Å²) < 4.78 is 0. The number of amides is 1. The predicted molar refractivity (Wildman–Crippen MR) is 181 cm³/mol. The number of nitrogens with one attached hydrogen (secondary N) is 1. The minimum atomic E-state index is -1.28. The van der Waals surface area contributed by atoms with Crippen molar-refractivity contribution in [2.75, 3.05) is 6.61 Å². The van der Waals surface area contributed by atoms with E-state index < -0.39 is 30.8 Å². The van der Waals surface area contributed by atoms with Gasteiger partial charge in [0.25, 0.3) is 5.91 Å². The lowest BCUT2D eigenvalue weighted by Crippen LogP contribution is -2.48. The van der Waals surface area contributed by atoms with Crippen molar-refractivity contribution in [1.29, 1.82) is 0 Å². The van der Waals surface area contributed by atoms with Crippen LogP contribution in [0.4, 0.5) is 0 Å². The molecule has 3 atom stereocenters. The fraction of sp³-hybridized carbons (Fsp3) is 0.811. The summed E-state index contributed by atoms with van der Waals surface area (Å²) in [6.07, 6.45) is 35.4. The Hall–Kier alpha value is -1.43. The lowest BCUT2D eigenvalue weighted by Gasteiger charge is -2.20. The van der Waals surface area contributed by atoms with E-state index in [4.69, 9.17) is 0 Å². The van der Waals surface area contributed by atoms with E-state index in [2.05, 4.69) is 32.2 Å². The Bertz CT molecular complexity index is 687. The third kappa shape index (κ3) is 26.2. The lowest BCUT2D eigenvalue weighted by atomic mass is 10.0. The van der Waals surface area contributed by atoms with Crippen molar-refractivity contribution < 1.29 is 20.1 Å². The second-order valence-corrected chi connectivity index (χ2v) is 12.3. The molecule has 0 unspecified atom stereocenters. The quantitative estimate of drug-likeness (QED) is 0.0495. The zero-order chi connectivity index (χ0) is 31.1. The molecule has 0 spiro atoms. The molecule has 5 heteroatoms. The summed E-state index contributed by atoms with van der Waals surface area (Å²) >= 11 is 0. The fourth-order valence-corrected chi connectivity index (χ4v) is 5.18. The number of rotatable bonds is 30. The van der Waals surface area contributed by atoms with Gasteiger partial charge in [0.05, 0.1) is 18.8 Å². The smallest absolute Gasteiger partial charge is 0.253 e. The number of aliphatic hydroxyl groups excluding tert-OH is 3. The largest absolute Gasteiger partial charge is 0.394 e. The van der Waals surface area contributed by atoms with Crippen LogP contribution in [-0.2, 0) is 4.79 Å². The Kier molecular flexibility index (Phi) is 30.0. The van der Waals surface area contributed by atoms with Crippen molar-refractivity contribution in [1.82, 2.24) is 5.32 Å². The summed E-state index contributed by atoms with van der Waals surface area (Å²) in [5.41, 5.74) is 1.42. The molecule has 42 heavy (non-hydrogen) atoms. The molecule has 0 rings (SSSR count). The summed E-state index contributed by atoms with van der Waals surface area (Å²) in [5.74, 6) is -0.601. The number of unbranched alkanes of at least 4 members (excludes halogenated alkanes) is 19. The zero-order valence-electron chi connectivity index (χ0n) is 27.8. The maximum atomic E-state index is 12.3. The van der Waals surface area contributed by atoms with Gasteiger partial charge in [-0.05, 0) is 45.4 Å². The van der Waals surface area contributed by atoms with Crippen LogP contribution in [0.1, 0.15) is 168 Å². The first kappa shape index (κ1) is 40.6. The number of carbonyl (C=O) groups excluding carboxylic acids is 1. The molecule has 0 aromatic heterocycles. The third-order valence-electron chi connectivity index (χ3n) is 8.08.